The van der Waals surface area contributed by atoms with Crippen molar-refractivity contribution in [3.8, 4) is 0 Å². The minimum atomic E-state index is -0.175. The number of ether oxygens (including phenoxy) is 1. The summed E-state index contributed by atoms with van der Waals surface area (Å²) in [6.45, 7) is 6.94. The van der Waals surface area contributed by atoms with E-state index in [1.165, 1.54) is 23.8 Å². The van der Waals surface area contributed by atoms with Crippen LogP contribution in [-0.4, -0.2) is 19.6 Å². The maximum atomic E-state index is 11.0. The molecule has 1 aromatic carbocycles. The largest absolute Gasteiger partial charge is 0.469 e. The van der Waals surface area contributed by atoms with E-state index >= 15 is 0 Å². The molecule has 1 atom stereocenters. The highest BCUT2D eigenvalue weighted by Crippen LogP contribution is 2.18. The monoisotopic (exact) mass is 235 g/mol. The molecular formula is C14H21NO2. The first-order valence-electron chi connectivity index (χ1n) is 5.92. The molecule has 0 fully saturated rings. The Bertz CT molecular complexity index is 388. The SMILES string of the molecule is COC(=O)CCNC(C)c1cc(C)ccc1C. The number of nitrogens with one attached hydrogen (secondary N) is 1. The van der Waals surface area contributed by atoms with Gasteiger partial charge < -0.3 is 10.1 Å². The molecule has 1 rings (SSSR count). The molecule has 0 heterocycles. The van der Waals surface area contributed by atoms with Crippen LogP contribution in [0.1, 0.15) is 36.1 Å². The van der Waals surface area contributed by atoms with E-state index in [-0.39, 0.29) is 12.0 Å². The third kappa shape index (κ3) is 4.19. The minimum absolute atomic E-state index is 0.175. The van der Waals surface area contributed by atoms with Gasteiger partial charge in [-0.15, -0.1) is 0 Å². The second-order valence-corrected chi connectivity index (χ2v) is 4.36. The molecule has 0 radical (unpaired) electrons. The highest BCUT2D eigenvalue weighted by Gasteiger charge is 2.08. The van der Waals surface area contributed by atoms with Gasteiger partial charge in [0.1, 0.15) is 0 Å². The summed E-state index contributed by atoms with van der Waals surface area (Å²) in [6.07, 6.45) is 0.408. The molecule has 0 aliphatic rings. The number of hydrogen-bond donors (Lipinski definition) is 1. The van der Waals surface area contributed by atoms with Crippen molar-refractivity contribution in [1.82, 2.24) is 5.32 Å². The summed E-state index contributed by atoms with van der Waals surface area (Å²) in [7, 11) is 1.41. The van der Waals surface area contributed by atoms with Gasteiger partial charge in [0.2, 0.25) is 0 Å². The Hall–Kier alpha value is -1.35. The van der Waals surface area contributed by atoms with Gasteiger partial charge in [0, 0.05) is 12.6 Å². The zero-order valence-corrected chi connectivity index (χ0v) is 11.0. The van der Waals surface area contributed by atoms with Crippen molar-refractivity contribution in [1.29, 1.82) is 0 Å². The highest BCUT2D eigenvalue weighted by atomic mass is 16.5. The fourth-order valence-corrected chi connectivity index (χ4v) is 1.83. The van der Waals surface area contributed by atoms with Crippen molar-refractivity contribution >= 4 is 5.97 Å². The smallest absolute Gasteiger partial charge is 0.306 e. The van der Waals surface area contributed by atoms with Crippen LogP contribution in [0.4, 0.5) is 0 Å². The number of esters is 1. The average Bonchev–Trinajstić information content (AvgIpc) is 2.31. The molecule has 0 saturated carbocycles. The normalized spacial score (nSPS) is 12.2. The van der Waals surface area contributed by atoms with Crippen LogP contribution in [0.25, 0.3) is 0 Å². The summed E-state index contributed by atoms with van der Waals surface area (Å²) in [6, 6.07) is 6.67. The third-order valence-corrected chi connectivity index (χ3v) is 2.91. The Morgan fingerprint density at radius 1 is 1.41 bits per heavy atom. The van der Waals surface area contributed by atoms with Crippen molar-refractivity contribution in [3.63, 3.8) is 0 Å². The summed E-state index contributed by atoms with van der Waals surface area (Å²) < 4.78 is 4.60. The molecule has 0 amide bonds. The summed E-state index contributed by atoms with van der Waals surface area (Å²) in [5, 5.41) is 3.33. The van der Waals surface area contributed by atoms with Crippen molar-refractivity contribution in [2.24, 2.45) is 0 Å². The Balaban J connectivity index is 2.54. The first kappa shape index (κ1) is 13.7. The average molecular weight is 235 g/mol. The van der Waals surface area contributed by atoms with E-state index in [9.17, 15) is 4.79 Å². The van der Waals surface area contributed by atoms with E-state index in [0.29, 0.717) is 13.0 Å². The number of carbonyl (C=O) groups is 1. The first-order valence-corrected chi connectivity index (χ1v) is 5.92. The van der Waals surface area contributed by atoms with E-state index in [0.717, 1.165) is 0 Å². The van der Waals surface area contributed by atoms with Crippen LogP contribution in [0.15, 0.2) is 18.2 Å². The van der Waals surface area contributed by atoms with Crippen LogP contribution >= 0.6 is 0 Å². The Morgan fingerprint density at radius 3 is 2.76 bits per heavy atom. The summed E-state index contributed by atoms with van der Waals surface area (Å²) in [4.78, 5) is 11.0. The fraction of sp³-hybridized carbons (Fsp3) is 0.500. The Morgan fingerprint density at radius 2 is 2.12 bits per heavy atom. The number of hydrogen-bond acceptors (Lipinski definition) is 3. The van der Waals surface area contributed by atoms with Gasteiger partial charge in [0.15, 0.2) is 0 Å². The van der Waals surface area contributed by atoms with Crippen LogP contribution in [0.2, 0.25) is 0 Å². The van der Waals surface area contributed by atoms with Crippen molar-refractivity contribution in [2.75, 3.05) is 13.7 Å². The number of methoxy groups -OCH3 is 1. The van der Waals surface area contributed by atoms with Crippen molar-refractivity contribution in [2.45, 2.75) is 33.2 Å². The van der Waals surface area contributed by atoms with Gasteiger partial charge in [0.05, 0.1) is 13.5 Å². The minimum Gasteiger partial charge on any atom is -0.469 e. The van der Waals surface area contributed by atoms with Crippen molar-refractivity contribution in [3.05, 3.63) is 34.9 Å². The van der Waals surface area contributed by atoms with Crippen LogP contribution < -0.4 is 5.32 Å². The molecule has 0 aromatic heterocycles. The van der Waals surface area contributed by atoms with E-state index in [4.69, 9.17) is 0 Å². The maximum absolute atomic E-state index is 11.0. The summed E-state index contributed by atoms with van der Waals surface area (Å²) >= 11 is 0. The van der Waals surface area contributed by atoms with Crippen LogP contribution in [0.3, 0.4) is 0 Å². The molecule has 17 heavy (non-hydrogen) atoms. The van der Waals surface area contributed by atoms with Crippen LogP contribution in [0.5, 0.6) is 0 Å². The lowest BCUT2D eigenvalue weighted by atomic mass is 10.00. The lowest BCUT2D eigenvalue weighted by Crippen LogP contribution is -2.23. The molecule has 0 aliphatic carbocycles. The predicted molar refractivity (Wildman–Crippen MR) is 69.0 cm³/mol. The molecule has 0 spiro atoms. The topological polar surface area (TPSA) is 38.3 Å². The van der Waals surface area contributed by atoms with E-state index in [1.807, 2.05) is 0 Å². The molecule has 1 unspecified atom stereocenters. The maximum Gasteiger partial charge on any atom is 0.306 e. The van der Waals surface area contributed by atoms with Gasteiger partial charge in [-0.2, -0.15) is 0 Å². The number of rotatable bonds is 5. The first-order chi connectivity index (χ1) is 8.04. The number of benzene rings is 1. The van der Waals surface area contributed by atoms with E-state index in [1.54, 1.807) is 0 Å². The van der Waals surface area contributed by atoms with Gasteiger partial charge in [-0.3, -0.25) is 4.79 Å². The second kappa shape index (κ2) is 6.40. The standard InChI is InChI=1S/C14H21NO2/c1-10-5-6-11(2)13(9-10)12(3)15-8-7-14(16)17-4/h5-6,9,12,15H,7-8H2,1-4H3. The lowest BCUT2D eigenvalue weighted by Gasteiger charge is -2.17. The van der Waals surface area contributed by atoms with E-state index in [2.05, 4.69) is 49.0 Å². The zero-order valence-electron chi connectivity index (χ0n) is 11.0. The molecule has 0 saturated heterocycles. The second-order valence-electron chi connectivity index (χ2n) is 4.36. The number of aryl methyl sites for hydroxylation is 2. The summed E-state index contributed by atoms with van der Waals surface area (Å²) in [5.74, 6) is -0.175. The molecule has 1 aromatic rings. The quantitative estimate of drug-likeness (QED) is 0.797. The molecular weight excluding hydrogens is 214 g/mol. The van der Waals surface area contributed by atoms with Crippen molar-refractivity contribution < 1.29 is 9.53 Å². The molecule has 94 valence electrons. The summed E-state index contributed by atoms with van der Waals surface area (Å²) in [5.41, 5.74) is 3.82. The number of carbonyl (C=O) groups excluding carboxylic acids is 1. The van der Waals surface area contributed by atoms with Gasteiger partial charge in [-0.1, -0.05) is 23.8 Å². The van der Waals surface area contributed by atoms with Gasteiger partial charge in [-0.25, -0.2) is 0 Å². The predicted octanol–water partition coefficient (Wildman–Crippen LogP) is 2.52. The van der Waals surface area contributed by atoms with Crippen LogP contribution in [0, 0.1) is 13.8 Å². The lowest BCUT2D eigenvalue weighted by molar-refractivity contribution is -0.140. The molecule has 3 nitrogen and oxygen atoms in total. The Kier molecular flexibility index (Phi) is 5.16. The van der Waals surface area contributed by atoms with Crippen LogP contribution in [-0.2, 0) is 9.53 Å². The third-order valence-electron chi connectivity index (χ3n) is 2.91. The van der Waals surface area contributed by atoms with Gasteiger partial charge >= 0.3 is 5.97 Å². The fourth-order valence-electron chi connectivity index (χ4n) is 1.83. The molecule has 0 bridgehead atoms. The van der Waals surface area contributed by atoms with Gasteiger partial charge in [0.25, 0.3) is 0 Å². The zero-order chi connectivity index (χ0) is 12.8. The Labute approximate surface area is 103 Å². The van der Waals surface area contributed by atoms with E-state index < -0.39 is 0 Å². The molecule has 1 N–H and O–H groups in total. The highest BCUT2D eigenvalue weighted by molar-refractivity contribution is 5.69. The van der Waals surface area contributed by atoms with Gasteiger partial charge in [-0.05, 0) is 31.9 Å². The molecule has 0 aliphatic heterocycles. The molecule has 3 heteroatoms.